The predicted octanol–water partition coefficient (Wildman–Crippen LogP) is 5.05. The van der Waals surface area contributed by atoms with E-state index in [0.717, 1.165) is 5.56 Å². The third-order valence-corrected chi connectivity index (χ3v) is 6.96. The van der Waals surface area contributed by atoms with Crippen molar-refractivity contribution in [1.82, 2.24) is 19.5 Å². The second-order valence-corrected chi connectivity index (χ2v) is 10.9. The number of aromatic nitrogens is 4. The SMILES string of the molecule is CC(C)OP(=O)(COC(CCOCc1ccccc1)Cn1cnc2c(Cl)nc(N)nc21)OC(C)C. The van der Waals surface area contributed by atoms with Gasteiger partial charge in [0, 0.05) is 6.61 Å². The van der Waals surface area contributed by atoms with Crippen molar-refractivity contribution in [2.45, 2.75) is 65.6 Å². The molecule has 0 fully saturated rings. The number of nitrogens with two attached hydrogens (primary N) is 1. The summed E-state index contributed by atoms with van der Waals surface area (Å²) in [6, 6.07) is 9.90. The van der Waals surface area contributed by atoms with Crippen molar-refractivity contribution in [3.63, 3.8) is 0 Å². The molecule has 0 saturated heterocycles. The summed E-state index contributed by atoms with van der Waals surface area (Å²) in [4.78, 5) is 12.5. The minimum atomic E-state index is -3.48. The standard InChI is InChI=1S/C23H33ClN5O5P/c1-16(2)33-35(30,34-17(3)4)15-32-19(10-11-31-13-18-8-6-5-7-9-18)12-29-14-26-20-21(24)27-23(25)28-22(20)29/h5-9,14,16-17,19H,10-13,15H2,1-4H3,(H2,25,27,28). The van der Waals surface area contributed by atoms with Crippen molar-refractivity contribution in [2.75, 3.05) is 18.7 Å². The van der Waals surface area contributed by atoms with Gasteiger partial charge in [-0.3, -0.25) is 4.57 Å². The maximum atomic E-state index is 13.3. The number of benzene rings is 1. The molecule has 10 nitrogen and oxygen atoms in total. The molecule has 2 N–H and O–H groups in total. The largest absolute Gasteiger partial charge is 0.377 e. The first-order valence-corrected chi connectivity index (χ1v) is 13.6. The van der Waals surface area contributed by atoms with Crippen LogP contribution >= 0.6 is 19.2 Å². The Hall–Kier alpha value is -2.07. The van der Waals surface area contributed by atoms with Crippen LogP contribution in [0.4, 0.5) is 5.95 Å². The van der Waals surface area contributed by atoms with Gasteiger partial charge in [-0.25, -0.2) is 4.98 Å². The summed E-state index contributed by atoms with van der Waals surface area (Å²) in [6.45, 7) is 8.46. The Morgan fingerprint density at radius 2 is 1.77 bits per heavy atom. The van der Waals surface area contributed by atoms with E-state index in [-0.39, 0.29) is 29.7 Å². The Morgan fingerprint density at radius 3 is 2.43 bits per heavy atom. The number of rotatable bonds is 14. The molecular formula is C23H33ClN5O5P. The number of halogens is 1. The van der Waals surface area contributed by atoms with Gasteiger partial charge in [-0.2, -0.15) is 9.97 Å². The summed E-state index contributed by atoms with van der Waals surface area (Å²) in [6.07, 6.45) is 0.950. The molecule has 192 valence electrons. The van der Waals surface area contributed by atoms with Crippen LogP contribution in [0.3, 0.4) is 0 Å². The van der Waals surface area contributed by atoms with Crippen LogP contribution in [-0.4, -0.2) is 50.8 Å². The molecule has 0 amide bonds. The maximum Gasteiger partial charge on any atom is 0.356 e. The molecule has 0 aliphatic rings. The number of anilines is 1. The van der Waals surface area contributed by atoms with Crippen molar-refractivity contribution in [3.05, 3.63) is 47.4 Å². The van der Waals surface area contributed by atoms with E-state index in [1.807, 2.05) is 30.3 Å². The van der Waals surface area contributed by atoms with Crippen molar-refractivity contribution in [2.24, 2.45) is 0 Å². The van der Waals surface area contributed by atoms with E-state index in [1.165, 1.54) is 0 Å². The summed E-state index contributed by atoms with van der Waals surface area (Å²) in [5.41, 5.74) is 7.78. The minimum absolute atomic E-state index is 0.0491. The first-order chi connectivity index (χ1) is 16.6. The van der Waals surface area contributed by atoms with Crippen LogP contribution in [0.5, 0.6) is 0 Å². The van der Waals surface area contributed by atoms with E-state index >= 15 is 0 Å². The monoisotopic (exact) mass is 525 g/mol. The zero-order chi connectivity index (χ0) is 25.4. The third kappa shape index (κ3) is 8.52. The summed E-state index contributed by atoms with van der Waals surface area (Å²) < 4.78 is 38.3. The molecular weight excluding hydrogens is 493 g/mol. The van der Waals surface area contributed by atoms with Crippen LogP contribution in [0, 0.1) is 0 Å². The average molecular weight is 526 g/mol. The van der Waals surface area contributed by atoms with Crippen LogP contribution < -0.4 is 5.73 Å². The molecule has 12 heteroatoms. The highest BCUT2D eigenvalue weighted by Gasteiger charge is 2.30. The molecule has 2 aromatic heterocycles. The minimum Gasteiger partial charge on any atom is -0.377 e. The lowest BCUT2D eigenvalue weighted by Crippen LogP contribution is -2.24. The van der Waals surface area contributed by atoms with Gasteiger partial charge >= 0.3 is 7.60 Å². The van der Waals surface area contributed by atoms with E-state index in [4.69, 9.17) is 35.9 Å². The topological polar surface area (TPSA) is 124 Å². The second kappa shape index (κ2) is 12.8. The first-order valence-electron chi connectivity index (χ1n) is 11.5. The van der Waals surface area contributed by atoms with Crippen LogP contribution in [0.25, 0.3) is 11.2 Å². The molecule has 0 radical (unpaired) electrons. The van der Waals surface area contributed by atoms with Gasteiger partial charge in [0.2, 0.25) is 5.95 Å². The van der Waals surface area contributed by atoms with Gasteiger partial charge in [0.15, 0.2) is 10.8 Å². The van der Waals surface area contributed by atoms with E-state index < -0.39 is 13.7 Å². The lowest BCUT2D eigenvalue weighted by molar-refractivity contribution is 0.0156. The maximum absolute atomic E-state index is 13.3. The van der Waals surface area contributed by atoms with E-state index in [9.17, 15) is 4.57 Å². The van der Waals surface area contributed by atoms with Crippen molar-refractivity contribution in [1.29, 1.82) is 0 Å². The van der Waals surface area contributed by atoms with Crippen molar-refractivity contribution in [3.8, 4) is 0 Å². The molecule has 1 aromatic carbocycles. The summed E-state index contributed by atoms with van der Waals surface area (Å²) in [5, 5.41) is 0.176. The molecule has 3 rings (SSSR count). The zero-order valence-electron chi connectivity index (χ0n) is 20.5. The van der Waals surface area contributed by atoms with Gasteiger partial charge in [0.1, 0.15) is 11.9 Å². The molecule has 0 saturated carbocycles. The van der Waals surface area contributed by atoms with Crippen molar-refractivity contribution < 1.29 is 23.1 Å². The molecule has 3 aromatic rings. The lowest BCUT2D eigenvalue weighted by atomic mass is 10.2. The first kappa shape index (κ1) is 27.5. The fraction of sp³-hybridized carbons (Fsp3) is 0.522. The molecule has 2 heterocycles. The Labute approximate surface area is 210 Å². The predicted molar refractivity (Wildman–Crippen MR) is 135 cm³/mol. The van der Waals surface area contributed by atoms with Gasteiger partial charge in [-0.05, 0) is 39.7 Å². The van der Waals surface area contributed by atoms with E-state index in [2.05, 4.69) is 15.0 Å². The molecule has 35 heavy (non-hydrogen) atoms. The summed E-state index contributed by atoms with van der Waals surface area (Å²) in [7, 11) is -3.48. The Morgan fingerprint density at radius 1 is 1.09 bits per heavy atom. The van der Waals surface area contributed by atoms with Gasteiger partial charge in [-0.1, -0.05) is 41.9 Å². The number of nitrogens with zero attached hydrogens (tertiary/aromatic N) is 4. The van der Waals surface area contributed by atoms with Crippen LogP contribution in [0.15, 0.2) is 36.7 Å². The second-order valence-electron chi connectivity index (χ2n) is 8.61. The number of ether oxygens (including phenoxy) is 2. The number of hydrogen-bond donors (Lipinski definition) is 1. The van der Waals surface area contributed by atoms with Gasteiger partial charge in [0.05, 0.1) is 37.8 Å². The zero-order valence-corrected chi connectivity index (χ0v) is 22.1. The van der Waals surface area contributed by atoms with Crippen LogP contribution in [-0.2, 0) is 36.2 Å². The Balaban J connectivity index is 1.72. The van der Waals surface area contributed by atoms with Gasteiger partial charge in [0.25, 0.3) is 0 Å². The lowest BCUT2D eigenvalue weighted by Gasteiger charge is -2.25. The number of imidazole rings is 1. The quantitative estimate of drug-likeness (QED) is 0.175. The molecule has 0 aliphatic carbocycles. The van der Waals surface area contributed by atoms with Gasteiger partial charge < -0.3 is 28.8 Å². The molecule has 1 unspecified atom stereocenters. The highest BCUT2D eigenvalue weighted by molar-refractivity contribution is 7.53. The number of hydrogen-bond acceptors (Lipinski definition) is 9. The highest BCUT2D eigenvalue weighted by atomic mass is 35.5. The van der Waals surface area contributed by atoms with E-state index in [0.29, 0.717) is 37.3 Å². The third-order valence-electron chi connectivity index (χ3n) is 4.75. The van der Waals surface area contributed by atoms with E-state index in [1.54, 1.807) is 38.6 Å². The fourth-order valence-electron chi connectivity index (χ4n) is 3.41. The summed E-state index contributed by atoms with van der Waals surface area (Å²) in [5.74, 6) is 0.0491. The number of nitrogen functional groups attached to an aromatic ring is 1. The fourth-order valence-corrected chi connectivity index (χ4v) is 5.48. The Kier molecular flexibility index (Phi) is 10.0. The molecule has 0 aliphatic heterocycles. The molecule has 0 bridgehead atoms. The Bertz CT molecular complexity index is 1110. The highest BCUT2D eigenvalue weighted by Crippen LogP contribution is 2.50. The number of fused-ring (bicyclic) bond motifs is 1. The normalized spacial score (nSPS) is 13.2. The molecule has 1 atom stereocenters. The summed E-state index contributed by atoms with van der Waals surface area (Å²) >= 11 is 6.16. The smallest absolute Gasteiger partial charge is 0.356 e. The average Bonchev–Trinajstić information content (AvgIpc) is 3.17. The van der Waals surface area contributed by atoms with Crippen LogP contribution in [0.2, 0.25) is 5.15 Å². The van der Waals surface area contributed by atoms with Gasteiger partial charge in [-0.15, -0.1) is 0 Å². The van der Waals surface area contributed by atoms with Crippen LogP contribution in [0.1, 0.15) is 39.7 Å². The molecule has 0 spiro atoms. The van der Waals surface area contributed by atoms with Crippen molar-refractivity contribution >= 4 is 36.3 Å².